The summed E-state index contributed by atoms with van der Waals surface area (Å²) in [6, 6.07) is 7.07. The van der Waals surface area contributed by atoms with E-state index in [0.717, 1.165) is 11.3 Å². The summed E-state index contributed by atoms with van der Waals surface area (Å²) >= 11 is 0.957. The highest BCUT2D eigenvalue weighted by Crippen LogP contribution is 2.22. The number of aromatic carboxylic acids is 1. The number of rotatable bonds is 7. The van der Waals surface area contributed by atoms with Gasteiger partial charge >= 0.3 is 0 Å². The number of anilines is 1. The lowest BCUT2D eigenvalue weighted by Crippen LogP contribution is -2.25. The minimum absolute atomic E-state index is 0.000661. The molecule has 1 aromatic carbocycles. The molecule has 24 heavy (non-hydrogen) atoms. The highest BCUT2D eigenvalue weighted by Gasteiger charge is 2.18. The zero-order valence-electron chi connectivity index (χ0n) is 12.7. The van der Waals surface area contributed by atoms with Crippen molar-refractivity contribution in [3.63, 3.8) is 0 Å². The SMILES string of the molecule is CCCNS(=O)(=O)c1csc(C(=O)Nc2ccccc2C(=O)[O-])c1. The fourth-order valence-corrected chi connectivity index (χ4v) is 4.15. The fourth-order valence-electron chi connectivity index (χ4n) is 1.85. The Balaban J connectivity index is 2.19. The maximum absolute atomic E-state index is 12.2. The molecule has 0 aliphatic heterocycles. The molecule has 0 fully saturated rings. The highest BCUT2D eigenvalue weighted by atomic mass is 32.2. The summed E-state index contributed by atoms with van der Waals surface area (Å²) in [5.74, 6) is -2.00. The molecule has 2 rings (SSSR count). The van der Waals surface area contributed by atoms with Crippen molar-refractivity contribution >= 4 is 38.9 Å². The first-order chi connectivity index (χ1) is 11.3. The molecule has 2 aromatic rings. The van der Waals surface area contributed by atoms with Crippen molar-refractivity contribution in [2.24, 2.45) is 0 Å². The first-order valence-corrected chi connectivity index (χ1v) is 9.41. The molecule has 0 saturated carbocycles. The van der Waals surface area contributed by atoms with Gasteiger partial charge in [-0.25, -0.2) is 13.1 Å². The number of nitrogens with one attached hydrogen (secondary N) is 2. The maximum Gasteiger partial charge on any atom is 0.265 e. The second-order valence-corrected chi connectivity index (χ2v) is 7.51. The van der Waals surface area contributed by atoms with Crippen molar-refractivity contribution in [3.8, 4) is 0 Å². The van der Waals surface area contributed by atoms with Gasteiger partial charge < -0.3 is 15.2 Å². The van der Waals surface area contributed by atoms with Crippen molar-refractivity contribution in [3.05, 3.63) is 46.2 Å². The normalized spacial score (nSPS) is 11.2. The molecule has 128 valence electrons. The lowest BCUT2D eigenvalue weighted by atomic mass is 10.2. The number of carboxylic acids is 1. The van der Waals surface area contributed by atoms with Crippen LogP contribution in [0.3, 0.4) is 0 Å². The zero-order chi connectivity index (χ0) is 17.7. The third-order valence-electron chi connectivity index (χ3n) is 3.05. The minimum Gasteiger partial charge on any atom is -0.545 e. The van der Waals surface area contributed by atoms with Gasteiger partial charge in [-0.15, -0.1) is 11.3 Å². The van der Waals surface area contributed by atoms with E-state index in [0.29, 0.717) is 13.0 Å². The molecule has 1 aromatic heterocycles. The van der Waals surface area contributed by atoms with Crippen LogP contribution in [0.4, 0.5) is 5.69 Å². The van der Waals surface area contributed by atoms with E-state index >= 15 is 0 Å². The Labute approximate surface area is 143 Å². The lowest BCUT2D eigenvalue weighted by Gasteiger charge is -2.10. The van der Waals surface area contributed by atoms with Crippen molar-refractivity contribution in [2.45, 2.75) is 18.2 Å². The van der Waals surface area contributed by atoms with E-state index in [2.05, 4.69) is 10.0 Å². The van der Waals surface area contributed by atoms with E-state index in [-0.39, 0.29) is 21.0 Å². The molecule has 0 unspecified atom stereocenters. The molecule has 2 N–H and O–H groups in total. The van der Waals surface area contributed by atoms with E-state index in [4.69, 9.17) is 0 Å². The molecule has 0 saturated heterocycles. The third-order valence-corrected chi connectivity index (χ3v) is 5.57. The summed E-state index contributed by atoms with van der Waals surface area (Å²) in [6.07, 6.45) is 0.650. The summed E-state index contributed by atoms with van der Waals surface area (Å²) in [7, 11) is -3.65. The topological polar surface area (TPSA) is 115 Å². The van der Waals surface area contributed by atoms with Crippen LogP contribution in [0.5, 0.6) is 0 Å². The number of carbonyl (C=O) groups excluding carboxylic acids is 2. The fraction of sp³-hybridized carbons (Fsp3) is 0.200. The summed E-state index contributed by atoms with van der Waals surface area (Å²) in [5.41, 5.74) is -0.0655. The van der Waals surface area contributed by atoms with Crippen molar-refractivity contribution in [2.75, 3.05) is 11.9 Å². The van der Waals surface area contributed by atoms with E-state index < -0.39 is 21.9 Å². The van der Waals surface area contributed by atoms with Crippen LogP contribution in [-0.4, -0.2) is 26.8 Å². The van der Waals surface area contributed by atoms with Crippen LogP contribution in [0.2, 0.25) is 0 Å². The molecular weight excluding hydrogens is 352 g/mol. The number of hydrogen-bond acceptors (Lipinski definition) is 6. The van der Waals surface area contributed by atoms with Crippen molar-refractivity contribution in [1.82, 2.24) is 4.72 Å². The molecule has 1 amide bonds. The van der Waals surface area contributed by atoms with Gasteiger partial charge in [0.05, 0.1) is 21.4 Å². The predicted molar refractivity (Wildman–Crippen MR) is 88.5 cm³/mol. The van der Waals surface area contributed by atoms with E-state index in [1.807, 2.05) is 6.92 Å². The monoisotopic (exact) mass is 367 g/mol. The van der Waals surface area contributed by atoms with Gasteiger partial charge in [-0.05, 0) is 18.6 Å². The summed E-state index contributed by atoms with van der Waals surface area (Å²) in [5, 5.41) is 14.8. The average molecular weight is 367 g/mol. The Bertz CT molecular complexity index is 858. The molecule has 0 radical (unpaired) electrons. The van der Waals surface area contributed by atoms with Gasteiger partial charge in [-0.3, -0.25) is 4.79 Å². The van der Waals surface area contributed by atoms with Crippen LogP contribution in [0, 0.1) is 0 Å². The number of carboxylic acid groups (broad SMARTS) is 1. The number of hydrogen-bond donors (Lipinski definition) is 2. The van der Waals surface area contributed by atoms with Crippen molar-refractivity contribution < 1.29 is 23.1 Å². The van der Waals surface area contributed by atoms with Crippen molar-refractivity contribution in [1.29, 1.82) is 0 Å². The molecule has 0 aliphatic carbocycles. The first-order valence-electron chi connectivity index (χ1n) is 7.05. The summed E-state index contributed by atoms with van der Waals surface area (Å²) in [4.78, 5) is 23.4. The molecule has 9 heteroatoms. The summed E-state index contributed by atoms with van der Waals surface area (Å²) < 4.78 is 26.4. The zero-order valence-corrected chi connectivity index (χ0v) is 14.4. The quantitative estimate of drug-likeness (QED) is 0.759. The Hall–Kier alpha value is -2.23. The molecule has 1 heterocycles. The number of sulfonamides is 1. The van der Waals surface area contributed by atoms with E-state index in [1.54, 1.807) is 6.07 Å². The molecular formula is C15H15N2O5S2-. The van der Waals surface area contributed by atoms with Crippen LogP contribution >= 0.6 is 11.3 Å². The van der Waals surface area contributed by atoms with Crippen LogP contribution < -0.4 is 15.1 Å². The second kappa shape index (κ2) is 7.56. The Morgan fingerprint density at radius 2 is 1.96 bits per heavy atom. The van der Waals surface area contributed by atoms with Gasteiger partial charge in [-0.1, -0.05) is 25.1 Å². The first kappa shape index (κ1) is 18.1. The van der Waals surface area contributed by atoms with E-state index in [1.165, 1.54) is 29.6 Å². The van der Waals surface area contributed by atoms with Gasteiger partial charge in [-0.2, -0.15) is 0 Å². The number of thiophene rings is 1. The molecule has 7 nitrogen and oxygen atoms in total. The number of carbonyl (C=O) groups is 2. The Morgan fingerprint density at radius 3 is 2.62 bits per heavy atom. The van der Waals surface area contributed by atoms with Crippen LogP contribution in [0.25, 0.3) is 0 Å². The highest BCUT2D eigenvalue weighted by molar-refractivity contribution is 7.89. The molecule has 0 spiro atoms. The lowest BCUT2D eigenvalue weighted by molar-refractivity contribution is -0.254. The molecule has 0 bridgehead atoms. The Kier molecular flexibility index (Phi) is 5.71. The number of para-hydroxylation sites is 1. The third kappa shape index (κ3) is 4.19. The van der Waals surface area contributed by atoms with Gasteiger partial charge in [0.1, 0.15) is 0 Å². The van der Waals surface area contributed by atoms with Crippen LogP contribution in [-0.2, 0) is 10.0 Å². The number of benzene rings is 1. The molecule has 0 atom stereocenters. The van der Waals surface area contributed by atoms with Gasteiger partial charge in [0, 0.05) is 17.5 Å². The molecule has 0 aliphatic rings. The standard InChI is InChI=1S/C15H16N2O5S2/c1-2-7-16-24(21,22)10-8-13(23-9-10)14(18)17-12-6-4-3-5-11(12)15(19)20/h3-6,8-9,16H,2,7H2,1H3,(H,17,18)(H,19,20)/p-1. The average Bonchev–Trinajstić information content (AvgIpc) is 3.04. The predicted octanol–water partition coefficient (Wildman–Crippen LogP) is 1.05. The van der Waals surface area contributed by atoms with Gasteiger partial charge in [0.15, 0.2) is 0 Å². The second-order valence-electron chi connectivity index (χ2n) is 4.83. The van der Waals surface area contributed by atoms with Crippen LogP contribution in [0.15, 0.2) is 40.6 Å². The maximum atomic E-state index is 12.2. The Morgan fingerprint density at radius 1 is 1.25 bits per heavy atom. The number of amides is 1. The van der Waals surface area contributed by atoms with Gasteiger partial charge in [0.25, 0.3) is 5.91 Å². The minimum atomic E-state index is -3.65. The van der Waals surface area contributed by atoms with Gasteiger partial charge in [0.2, 0.25) is 10.0 Å². The smallest absolute Gasteiger partial charge is 0.265 e. The largest absolute Gasteiger partial charge is 0.545 e. The van der Waals surface area contributed by atoms with Crippen LogP contribution in [0.1, 0.15) is 33.4 Å². The van der Waals surface area contributed by atoms with E-state index in [9.17, 15) is 23.1 Å². The summed E-state index contributed by atoms with van der Waals surface area (Å²) in [6.45, 7) is 2.14.